The van der Waals surface area contributed by atoms with E-state index in [-0.39, 0.29) is 6.10 Å². The molecule has 1 heterocycles. The maximum absolute atomic E-state index is 10.1. The van der Waals surface area contributed by atoms with Crippen LogP contribution in [0.5, 0.6) is 0 Å². The Bertz CT molecular complexity index is 370. The molecule has 1 N–H and O–H groups in total. The second-order valence-corrected chi connectivity index (χ2v) is 5.79. The molecule has 4 nitrogen and oxygen atoms in total. The topological polar surface area (TPSA) is 50.9 Å². The molecule has 0 spiro atoms. The minimum atomic E-state index is -0.281. The van der Waals surface area contributed by atoms with Crippen LogP contribution in [0.25, 0.3) is 0 Å². The molecular weight excluding hydrogens is 202 g/mol. The molecule has 0 amide bonds. The van der Waals surface area contributed by atoms with E-state index in [1.54, 1.807) is 6.33 Å². The fourth-order valence-electron chi connectivity index (χ4n) is 2.35. The van der Waals surface area contributed by atoms with Gasteiger partial charge in [0.05, 0.1) is 6.10 Å². The Balaban J connectivity index is 2.01. The van der Waals surface area contributed by atoms with Gasteiger partial charge in [-0.1, -0.05) is 13.8 Å². The molecule has 1 aliphatic carbocycles. The first kappa shape index (κ1) is 11.6. The van der Waals surface area contributed by atoms with Crippen LogP contribution in [-0.4, -0.2) is 26.0 Å². The summed E-state index contributed by atoms with van der Waals surface area (Å²) in [7, 11) is 0. The molecule has 90 valence electrons. The number of aromatic nitrogens is 3. The molecule has 1 fully saturated rings. The van der Waals surface area contributed by atoms with Crippen LogP contribution in [0.15, 0.2) is 6.33 Å². The largest absolute Gasteiger partial charge is 0.392 e. The van der Waals surface area contributed by atoms with Crippen molar-refractivity contribution < 1.29 is 5.11 Å². The summed E-state index contributed by atoms with van der Waals surface area (Å²) in [4.78, 5) is 4.23. The van der Waals surface area contributed by atoms with Crippen LogP contribution in [0.1, 0.15) is 46.0 Å². The monoisotopic (exact) mass is 223 g/mol. The Morgan fingerprint density at radius 2 is 2.19 bits per heavy atom. The first-order valence-electron chi connectivity index (χ1n) is 5.98. The van der Waals surface area contributed by atoms with Crippen LogP contribution < -0.4 is 0 Å². The zero-order valence-corrected chi connectivity index (χ0v) is 10.5. The molecule has 1 saturated carbocycles. The van der Waals surface area contributed by atoms with Gasteiger partial charge >= 0.3 is 0 Å². The molecule has 4 heteroatoms. The van der Waals surface area contributed by atoms with Crippen molar-refractivity contribution in [2.24, 2.45) is 11.3 Å². The van der Waals surface area contributed by atoms with Crippen LogP contribution in [0.4, 0.5) is 0 Å². The first-order chi connectivity index (χ1) is 7.42. The number of hydrogen-bond acceptors (Lipinski definition) is 3. The Kier molecular flexibility index (Phi) is 2.78. The van der Waals surface area contributed by atoms with Crippen LogP contribution in [-0.2, 0) is 6.42 Å². The molecule has 1 aliphatic rings. The lowest BCUT2D eigenvalue weighted by molar-refractivity contribution is 0.133. The van der Waals surface area contributed by atoms with Crippen molar-refractivity contribution in [1.82, 2.24) is 14.8 Å². The molecule has 2 unspecified atom stereocenters. The molecule has 0 saturated heterocycles. The number of nitrogens with zero attached hydrogens (tertiary/aromatic N) is 3. The van der Waals surface area contributed by atoms with Crippen molar-refractivity contribution in [3.8, 4) is 0 Å². The summed E-state index contributed by atoms with van der Waals surface area (Å²) in [5, 5.41) is 14.3. The van der Waals surface area contributed by atoms with E-state index < -0.39 is 0 Å². The SMILES string of the molecule is CC(C)n1ncnc1CC(O)C1CC1(C)C. The highest BCUT2D eigenvalue weighted by Crippen LogP contribution is 2.53. The molecule has 0 aromatic carbocycles. The molecule has 1 aromatic rings. The third kappa shape index (κ3) is 2.12. The summed E-state index contributed by atoms with van der Waals surface area (Å²) in [6.07, 6.45) is 3.02. The van der Waals surface area contributed by atoms with Gasteiger partial charge in [0.25, 0.3) is 0 Å². The molecule has 1 aromatic heterocycles. The summed E-state index contributed by atoms with van der Waals surface area (Å²) in [6, 6.07) is 0.303. The molecule has 16 heavy (non-hydrogen) atoms. The highest BCUT2D eigenvalue weighted by atomic mass is 16.3. The van der Waals surface area contributed by atoms with E-state index in [2.05, 4.69) is 37.8 Å². The van der Waals surface area contributed by atoms with Crippen LogP contribution >= 0.6 is 0 Å². The number of hydrogen-bond donors (Lipinski definition) is 1. The van der Waals surface area contributed by atoms with E-state index in [1.165, 1.54) is 0 Å². The summed E-state index contributed by atoms with van der Waals surface area (Å²) in [6.45, 7) is 8.55. The Morgan fingerprint density at radius 3 is 2.69 bits per heavy atom. The third-order valence-electron chi connectivity index (χ3n) is 3.58. The van der Waals surface area contributed by atoms with E-state index >= 15 is 0 Å². The molecule has 2 rings (SSSR count). The second-order valence-electron chi connectivity index (χ2n) is 5.79. The van der Waals surface area contributed by atoms with Crippen molar-refractivity contribution in [3.63, 3.8) is 0 Å². The van der Waals surface area contributed by atoms with E-state index in [0.29, 0.717) is 23.8 Å². The molecule has 2 atom stereocenters. The second kappa shape index (κ2) is 3.84. The minimum absolute atomic E-state index is 0.281. The summed E-state index contributed by atoms with van der Waals surface area (Å²) in [5.74, 6) is 1.31. The molecule has 0 bridgehead atoms. The Morgan fingerprint density at radius 1 is 1.56 bits per heavy atom. The van der Waals surface area contributed by atoms with Gasteiger partial charge in [-0.15, -0.1) is 0 Å². The highest BCUT2D eigenvalue weighted by molar-refractivity contribution is 5.02. The van der Waals surface area contributed by atoms with E-state index in [9.17, 15) is 5.11 Å². The average Bonchev–Trinajstić information content (AvgIpc) is 2.61. The number of aliphatic hydroxyl groups is 1. The molecule has 0 aliphatic heterocycles. The van der Waals surface area contributed by atoms with Crippen molar-refractivity contribution in [2.45, 2.75) is 52.7 Å². The molecular formula is C12H21N3O. The average molecular weight is 223 g/mol. The Labute approximate surface area is 96.7 Å². The standard InChI is InChI=1S/C12H21N3O/c1-8(2)15-11(13-7-14-15)5-10(16)9-6-12(9,3)4/h7-10,16H,5-6H2,1-4H3. The van der Waals surface area contributed by atoms with Gasteiger partial charge in [0.1, 0.15) is 12.2 Å². The maximum atomic E-state index is 10.1. The number of aliphatic hydroxyl groups excluding tert-OH is 1. The summed E-state index contributed by atoms with van der Waals surface area (Å²) < 4.78 is 1.89. The van der Waals surface area contributed by atoms with Crippen LogP contribution in [0, 0.1) is 11.3 Å². The van der Waals surface area contributed by atoms with E-state index in [0.717, 1.165) is 12.2 Å². The lowest BCUT2D eigenvalue weighted by atomic mass is 10.0. The van der Waals surface area contributed by atoms with E-state index in [1.807, 2.05) is 4.68 Å². The van der Waals surface area contributed by atoms with Gasteiger partial charge in [0.15, 0.2) is 0 Å². The first-order valence-corrected chi connectivity index (χ1v) is 5.98. The fourth-order valence-corrected chi connectivity index (χ4v) is 2.35. The third-order valence-corrected chi connectivity index (χ3v) is 3.58. The summed E-state index contributed by atoms with van der Waals surface area (Å²) in [5.41, 5.74) is 0.308. The predicted molar refractivity (Wildman–Crippen MR) is 62.0 cm³/mol. The lowest BCUT2D eigenvalue weighted by Crippen LogP contribution is -2.20. The zero-order chi connectivity index (χ0) is 11.9. The lowest BCUT2D eigenvalue weighted by Gasteiger charge is -2.14. The van der Waals surface area contributed by atoms with Crippen molar-refractivity contribution in [1.29, 1.82) is 0 Å². The minimum Gasteiger partial charge on any atom is -0.392 e. The highest BCUT2D eigenvalue weighted by Gasteiger charge is 2.49. The van der Waals surface area contributed by atoms with Crippen LogP contribution in [0.3, 0.4) is 0 Å². The van der Waals surface area contributed by atoms with Gasteiger partial charge in [-0.05, 0) is 31.6 Å². The maximum Gasteiger partial charge on any atom is 0.138 e. The fraction of sp³-hybridized carbons (Fsp3) is 0.833. The molecule has 0 radical (unpaired) electrons. The van der Waals surface area contributed by atoms with Gasteiger partial charge < -0.3 is 5.11 Å². The normalized spacial score (nSPS) is 24.8. The Hall–Kier alpha value is -0.900. The van der Waals surface area contributed by atoms with Gasteiger partial charge in [-0.2, -0.15) is 5.10 Å². The van der Waals surface area contributed by atoms with Crippen molar-refractivity contribution in [3.05, 3.63) is 12.2 Å². The smallest absolute Gasteiger partial charge is 0.138 e. The summed E-state index contributed by atoms with van der Waals surface area (Å²) >= 11 is 0. The van der Waals surface area contributed by atoms with Crippen molar-refractivity contribution in [2.75, 3.05) is 0 Å². The van der Waals surface area contributed by atoms with Crippen LogP contribution in [0.2, 0.25) is 0 Å². The van der Waals surface area contributed by atoms with Gasteiger partial charge in [-0.3, -0.25) is 0 Å². The van der Waals surface area contributed by atoms with Gasteiger partial charge in [0, 0.05) is 12.5 Å². The van der Waals surface area contributed by atoms with Gasteiger partial charge in [0.2, 0.25) is 0 Å². The van der Waals surface area contributed by atoms with E-state index in [4.69, 9.17) is 0 Å². The van der Waals surface area contributed by atoms with Gasteiger partial charge in [-0.25, -0.2) is 9.67 Å². The number of rotatable bonds is 4. The quantitative estimate of drug-likeness (QED) is 0.847. The predicted octanol–water partition coefficient (Wildman–Crippen LogP) is 1.81. The van der Waals surface area contributed by atoms with Crippen molar-refractivity contribution >= 4 is 0 Å². The zero-order valence-electron chi connectivity index (χ0n) is 10.5.